The van der Waals surface area contributed by atoms with Gasteiger partial charge in [-0.2, -0.15) is 0 Å². The van der Waals surface area contributed by atoms with Gasteiger partial charge in [0.15, 0.2) is 0 Å². The molecule has 0 bridgehead atoms. The first kappa shape index (κ1) is 19.3. The molecule has 4 nitrogen and oxygen atoms in total. The maximum absolute atomic E-state index is 12.8. The van der Waals surface area contributed by atoms with Gasteiger partial charge in [0, 0.05) is 0 Å². The predicted octanol–water partition coefficient (Wildman–Crippen LogP) is 3.68. The Balaban J connectivity index is 1.62. The molecule has 3 rings (SSSR count). The lowest BCUT2D eigenvalue weighted by atomic mass is 10.1. The van der Waals surface area contributed by atoms with Crippen molar-refractivity contribution in [3.63, 3.8) is 0 Å². The molecule has 0 aromatic heterocycles. The molecular formula is C21H19NO3S2. The smallest absolute Gasteiger partial charge is 0.242 e. The van der Waals surface area contributed by atoms with Crippen molar-refractivity contribution in [2.24, 2.45) is 0 Å². The summed E-state index contributed by atoms with van der Waals surface area (Å²) in [5.74, 6) is 3.99. The fourth-order valence-corrected chi connectivity index (χ4v) is 4.28. The number of hydrogen-bond donors (Lipinski definition) is 0. The van der Waals surface area contributed by atoms with Gasteiger partial charge in [0.2, 0.25) is 5.91 Å². The van der Waals surface area contributed by atoms with Gasteiger partial charge < -0.3 is 9.47 Å². The average Bonchev–Trinajstić information content (AvgIpc) is 2.95. The van der Waals surface area contributed by atoms with Gasteiger partial charge in [-0.3, -0.25) is 9.69 Å². The molecular weight excluding hydrogens is 378 g/mol. The lowest BCUT2D eigenvalue weighted by Gasteiger charge is -2.16. The van der Waals surface area contributed by atoms with Crippen LogP contribution in [-0.2, 0) is 17.8 Å². The molecule has 1 saturated heterocycles. The highest BCUT2D eigenvalue weighted by Gasteiger charge is 2.36. The summed E-state index contributed by atoms with van der Waals surface area (Å²) in [7, 11) is 1.63. The minimum absolute atomic E-state index is 0.0495. The first-order valence-electron chi connectivity index (χ1n) is 8.41. The Labute approximate surface area is 168 Å². The monoisotopic (exact) mass is 397 g/mol. The molecule has 0 saturated carbocycles. The summed E-state index contributed by atoms with van der Waals surface area (Å²) in [5.41, 5.74) is 2.07. The van der Waals surface area contributed by atoms with Gasteiger partial charge in [0.25, 0.3) is 0 Å². The molecule has 1 aliphatic heterocycles. The molecule has 0 N–H and O–H groups in total. The van der Waals surface area contributed by atoms with E-state index in [1.165, 1.54) is 11.8 Å². The third-order valence-corrected chi connectivity index (χ3v) is 5.76. The number of carbonyl (C=O) groups excluding carboxylic acids is 1. The average molecular weight is 398 g/mol. The number of amides is 1. The summed E-state index contributed by atoms with van der Waals surface area (Å²) in [6.07, 6.45) is 5.81. The van der Waals surface area contributed by atoms with E-state index in [-0.39, 0.29) is 17.8 Å². The number of hydrogen-bond acceptors (Lipinski definition) is 5. The van der Waals surface area contributed by atoms with Gasteiger partial charge in [-0.05, 0) is 41.8 Å². The summed E-state index contributed by atoms with van der Waals surface area (Å²) in [5, 5.41) is -0.201. The first-order chi connectivity index (χ1) is 13.1. The van der Waals surface area contributed by atoms with Crippen molar-refractivity contribution in [2.45, 2.75) is 18.2 Å². The van der Waals surface area contributed by atoms with Crippen molar-refractivity contribution in [1.82, 2.24) is 4.90 Å². The molecule has 2 aromatic rings. The van der Waals surface area contributed by atoms with E-state index in [4.69, 9.17) is 28.1 Å². The molecule has 0 unspecified atom stereocenters. The number of terminal acetylenes is 1. The third kappa shape index (κ3) is 4.82. The number of benzene rings is 2. The van der Waals surface area contributed by atoms with E-state index in [2.05, 4.69) is 5.92 Å². The molecule has 1 amide bonds. The number of rotatable bonds is 7. The van der Waals surface area contributed by atoms with Crippen LogP contribution in [0.4, 0.5) is 0 Å². The van der Waals surface area contributed by atoms with Gasteiger partial charge in [-0.15, -0.1) is 6.42 Å². The van der Waals surface area contributed by atoms with Crippen LogP contribution in [0.2, 0.25) is 0 Å². The zero-order valence-electron chi connectivity index (χ0n) is 14.9. The van der Waals surface area contributed by atoms with Gasteiger partial charge in [0.1, 0.15) is 22.4 Å². The number of methoxy groups -OCH3 is 1. The zero-order chi connectivity index (χ0) is 19.2. The van der Waals surface area contributed by atoms with Crippen LogP contribution in [0.3, 0.4) is 0 Å². The van der Waals surface area contributed by atoms with Crippen LogP contribution in [0.1, 0.15) is 11.1 Å². The Kier molecular flexibility index (Phi) is 6.38. The Morgan fingerprint density at radius 2 is 1.74 bits per heavy atom. The van der Waals surface area contributed by atoms with Crippen molar-refractivity contribution in [3.05, 3.63) is 59.7 Å². The highest BCUT2D eigenvalue weighted by Crippen LogP contribution is 2.31. The molecule has 1 fully saturated rings. The van der Waals surface area contributed by atoms with E-state index in [9.17, 15) is 4.79 Å². The number of ether oxygens (including phenoxy) is 2. The van der Waals surface area contributed by atoms with Crippen LogP contribution in [0.25, 0.3) is 0 Å². The predicted molar refractivity (Wildman–Crippen MR) is 112 cm³/mol. The van der Waals surface area contributed by atoms with E-state index in [0.29, 0.717) is 17.3 Å². The second kappa shape index (κ2) is 8.94. The molecule has 2 aromatic carbocycles. The second-order valence-electron chi connectivity index (χ2n) is 5.99. The van der Waals surface area contributed by atoms with Crippen LogP contribution in [0.15, 0.2) is 48.5 Å². The standard InChI is InChI=1S/C21H19NO3S2/c1-3-12-25-18-10-4-15(5-11-18)13-19-20(23)22(21(26)27-19)14-16-6-8-17(24-2)9-7-16/h1,4-11,19H,12-14H2,2H3/t19-/m0/s1. The maximum atomic E-state index is 12.8. The molecule has 0 aliphatic carbocycles. The van der Waals surface area contributed by atoms with Crippen LogP contribution < -0.4 is 9.47 Å². The SMILES string of the molecule is C#CCOc1ccc(C[C@@H]2SC(=S)N(Cc3ccc(OC)cc3)C2=O)cc1. The van der Waals surface area contributed by atoms with Crippen LogP contribution in [0, 0.1) is 12.3 Å². The van der Waals surface area contributed by atoms with E-state index in [1.54, 1.807) is 12.0 Å². The normalized spacial score (nSPS) is 16.3. The minimum Gasteiger partial charge on any atom is -0.497 e. The van der Waals surface area contributed by atoms with Crippen molar-refractivity contribution < 1.29 is 14.3 Å². The molecule has 1 aliphatic rings. The Hall–Kier alpha value is -2.49. The highest BCUT2D eigenvalue weighted by molar-refractivity contribution is 8.24. The van der Waals surface area contributed by atoms with Crippen molar-refractivity contribution in [2.75, 3.05) is 13.7 Å². The number of thioether (sulfide) groups is 1. The van der Waals surface area contributed by atoms with E-state index < -0.39 is 0 Å². The quantitative estimate of drug-likeness (QED) is 0.526. The fourth-order valence-electron chi connectivity index (χ4n) is 2.75. The maximum Gasteiger partial charge on any atom is 0.242 e. The molecule has 0 spiro atoms. The van der Waals surface area contributed by atoms with Crippen LogP contribution >= 0.6 is 24.0 Å². The van der Waals surface area contributed by atoms with Crippen molar-refractivity contribution in [3.8, 4) is 23.8 Å². The summed E-state index contributed by atoms with van der Waals surface area (Å²) >= 11 is 6.88. The van der Waals surface area contributed by atoms with Crippen molar-refractivity contribution in [1.29, 1.82) is 0 Å². The van der Waals surface area contributed by atoms with Gasteiger partial charge in [-0.25, -0.2) is 0 Å². The summed E-state index contributed by atoms with van der Waals surface area (Å²) in [4.78, 5) is 14.5. The molecule has 138 valence electrons. The molecule has 1 atom stereocenters. The summed E-state index contributed by atoms with van der Waals surface area (Å²) in [6, 6.07) is 15.3. The Morgan fingerprint density at radius 3 is 2.37 bits per heavy atom. The van der Waals surface area contributed by atoms with Crippen LogP contribution in [0.5, 0.6) is 11.5 Å². The topological polar surface area (TPSA) is 38.8 Å². The third-order valence-electron chi connectivity index (χ3n) is 4.17. The van der Waals surface area contributed by atoms with E-state index in [1.807, 2.05) is 48.5 Å². The van der Waals surface area contributed by atoms with E-state index in [0.717, 1.165) is 22.6 Å². The Morgan fingerprint density at radius 1 is 1.11 bits per heavy atom. The minimum atomic E-state index is -0.201. The fraction of sp³-hybridized carbons (Fsp3) is 0.238. The van der Waals surface area contributed by atoms with Gasteiger partial charge in [-0.1, -0.05) is 54.2 Å². The molecule has 6 heteroatoms. The lowest BCUT2D eigenvalue weighted by Crippen LogP contribution is -2.31. The summed E-state index contributed by atoms with van der Waals surface area (Å²) in [6.45, 7) is 0.717. The number of nitrogens with zero attached hydrogens (tertiary/aromatic N) is 1. The largest absolute Gasteiger partial charge is 0.497 e. The molecule has 0 radical (unpaired) electrons. The zero-order valence-corrected chi connectivity index (χ0v) is 16.5. The first-order valence-corrected chi connectivity index (χ1v) is 9.69. The van der Waals surface area contributed by atoms with E-state index >= 15 is 0 Å². The van der Waals surface area contributed by atoms with Crippen molar-refractivity contribution >= 4 is 34.2 Å². The summed E-state index contributed by atoms with van der Waals surface area (Å²) < 4.78 is 11.2. The molecule has 27 heavy (non-hydrogen) atoms. The number of carbonyl (C=O) groups is 1. The van der Waals surface area contributed by atoms with Gasteiger partial charge in [0.05, 0.1) is 18.9 Å². The molecule has 1 heterocycles. The van der Waals surface area contributed by atoms with Gasteiger partial charge >= 0.3 is 0 Å². The van der Waals surface area contributed by atoms with Crippen LogP contribution in [-0.4, -0.2) is 34.1 Å². The number of thiocarbonyl (C=S) groups is 1. The highest BCUT2D eigenvalue weighted by atomic mass is 32.2. The second-order valence-corrected chi connectivity index (χ2v) is 7.82. The Bertz CT molecular complexity index is 856. The lowest BCUT2D eigenvalue weighted by molar-refractivity contribution is -0.126.